The van der Waals surface area contributed by atoms with E-state index >= 15 is 0 Å². The zero-order valence-corrected chi connectivity index (χ0v) is 24.3. The molecule has 0 saturated heterocycles. The van der Waals surface area contributed by atoms with Crippen molar-refractivity contribution in [1.29, 1.82) is 0 Å². The topological polar surface area (TPSA) is 112 Å². The molecule has 216 valence electrons. The monoisotopic (exact) mass is 574 g/mol. The number of hydrogen-bond acceptors (Lipinski definition) is 9. The summed E-state index contributed by atoms with van der Waals surface area (Å²) in [5.41, 5.74) is 4.24. The van der Waals surface area contributed by atoms with Crippen LogP contribution < -0.4 is 15.4 Å². The molecular formula is C31H38N6O3S. The van der Waals surface area contributed by atoms with Crippen molar-refractivity contribution in [1.82, 2.24) is 19.9 Å². The Morgan fingerprint density at radius 3 is 2.85 bits per heavy atom. The number of unbranched alkanes of at least 4 members (excludes halogenated alkanes) is 1. The second-order valence-electron chi connectivity index (χ2n) is 10.4. The number of para-hydroxylation sites is 1. The normalized spacial score (nSPS) is 13.5. The molecule has 0 amide bonds. The molecule has 1 aliphatic rings. The molecule has 0 spiro atoms. The summed E-state index contributed by atoms with van der Waals surface area (Å²) >= 11 is 1.48. The summed E-state index contributed by atoms with van der Waals surface area (Å²) in [5.74, 6) is 0.903. The Hall–Kier alpha value is -3.76. The summed E-state index contributed by atoms with van der Waals surface area (Å²) in [6, 6.07) is 15.3. The van der Waals surface area contributed by atoms with Gasteiger partial charge in [-0.3, -0.25) is 9.88 Å². The number of aliphatic carboxylic acids is 1. The Kier molecular flexibility index (Phi) is 9.98. The van der Waals surface area contributed by atoms with Gasteiger partial charge in [-0.1, -0.05) is 29.5 Å². The first-order valence-electron chi connectivity index (χ1n) is 14.4. The van der Waals surface area contributed by atoms with Crippen molar-refractivity contribution in [3.63, 3.8) is 0 Å². The van der Waals surface area contributed by atoms with E-state index in [1.54, 1.807) is 6.20 Å². The van der Waals surface area contributed by atoms with Crippen LogP contribution in [0.3, 0.4) is 0 Å². The fourth-order valence-corrected chi connectivity index (χ4v) is 5.89. The number of aromatic nitrogens is 3. The van der Waals surface area contributed by atoms with E-state index in [1.807, 2.05) is 43.3 Å². The van der Waals surface area contributed by atoms with E-state index < -0.39 is 12.0 Å². The number of nitrogens with one attached hydrogen (secondary N) is 2. The maximum atomic E-state index is 12.1. The maximum Gasteiger partial charge on any atom is 0.326 e. The van der Waals surface area contributed by atoms with E-state index in [0.29, 0.717) is 31.2 Å². The van der Waals surface area contributed by atoms with Crippen molar-refractivity contribution in [3.05, 3.63) is 71.7 Å². The number of carboxylic acids is 1. The highest BCUT2D eigenvalue weighted by Gasteiger charge is 2.20. The fourth-order valence-electron chi connectivity index (χ4n) is 4.97. The Morgan fingerprint density at radius 1 is 1.12 bits per heavy atom. The van der Waals surface area contributed by atoms with Gasteiger partial charge in [0, 0.05) is 31.0 Å². The number of aryl methyl sites for hydroxylation is 3. The summed E-state index contributed by atoms with van der Waals surface area (Å²) in [6.07, 6.45) is 7.37. The van der Waals surface area contributed by atoms with Gasteiger partial charge in [-0.05, 0) is 87.9 Å². The van der Waals surface area contributed by atoms with Gasteiger partial charge in [-0.25, -0.2) is 14.8 Å². The van der Waals surface area contributed by atoms with Gasteiger partial charge < -0.3 is 20.5 Å². The number of ether oxygens (including phenoxy) is 1. The minimum absolute atomic E-state index is 0.454. The number of benzene rings is 1. The SMILES string of the molecule is Cc1ccc(OCCN(CCCCc2ccc3c(n2)NCCC3)CC[C@H](Nc2nc3ccccc3s2)C(=O)O)cn1. The number of anilines is 2. The van der Waals surface area contributed by atoms with E-state index in [-0.39, 0.29) is 0 Å². The molecule has 0 bridgehead atoms. The molecule has 5 rings (SSSR count). The van der Waals surface area contributed by atoms with Crippen molar-refractivity contribution in [3.8, 4) is 5.75 Å². The number of carboxylic acid groups (broad SMARTS) is 1. The third-order valence-electron chi connectivity index (χ3n) is 7.29. The molecule has 1 atom stereocenters. The van der Waals surface area contributed by atoms with Crippen molar-refractivity contribution >= 4 is 38.5 Å². The van der Waals surface area contributed by atoms with Crippen LogP contribution in [0.2, 0.25) is 0 Å². The number of fused-ring (bicyclic) bond motifs is 2. The second-order valence-corrected chi connectivity index (χ2v) is 11.5. The maximum absolute atomic E-state index is 12.1. The van der Waals surface area contributed by atoms with Crippen LogP contribution in [0.1, 0.15) is 42.6 Å². The molecule has 3 N–H and O–H groups in total. The van der Waals surface area contributed by atoms with Gasteiger partial charge in [0.05, 0.1) is 16.4 Å². The molecule has 0 unspecified atom stereocenters. The molecular weight excluding hydrogens is 536 g/mol. The van der Waals surface area contributed by atoms with Crippen LogP contribution in [0.15, 0.2) is 54.7 Å². The first kappa shape index (κ1) is 28.8. The van der Waals surface area contributed by atoms with Crippen LogP contribution in [0.25, 0.3) is 10.2 Å². The minimum atomic E-state index is -0.877. The number of carbonyl (C=O) groups is 1. The van der Waals surface area contributed by atoms with Crippen LogP contribution in [0.5, 0.6) is 5.75 Å². The van der Waals surface area contributed by atoms with Gasteiger partial charge in [-0.2, -0.15) is 0 Å². The molecule has 3 aromatic heterocycles. The summed E-state index contributed by atoms with van der Waals surface area (Å²) in [6.45, 7) is 5.62. The van der Waals surface area contributed by atoms with Crippen LogP contribution in [-0.2, 0) is 17.6 Å². The van der Waals surface area contributed by atoms with Crippen LogP contribution in [-0.4, -0.2) is 69.8 Å². The molecule has 41 heavy (non-hydrogen) atoms. The van der Waals surface area contributed by atoms with Crippen molar-refractivity contribution in [2.24, 2.45) is 0 Å². The lowest BCUT2D eigenvalue weighted by atomic mass is 10.1. The van der Waals surface area contributed by atoms with Crippen molar-refractivity contribution < 1.29 is 14.6 Å². The van der Waals surface area contributed by atoms with Gasteiger partial charge in [-0.15, -0.1) is 0 Å². The highest BCUT2D eigenvalue weighted by molar-refractivity contribution is 7.22. The zero-order chi connectivity index (χ0) is 28.4. The number of thiazole rings is 1. The standard InChI is InChI=1S/C31H38N6O3S/c1-22-11-14-25(21-33-22)40-20-19-37(17-5-4-8-24-13-12-23-7-6-16-32-29(23)34-24)18-15-27(30(38)39)36-31-35-26-9-2-3-10-28(26)41-31/h2-3,9-14,21,27H,4-8,15-20H2,1H3,(H,32,34)(H,35,36)(H,38,39)/t27-/m0/s1. The predicted octanol–water partition coefficient (Wildman–Crippen LogP) is 5.41. The molecule has 0 saturated carbocycles. The molecule has 4 aromatic rings. The quantitative estimate of drug-likeness (QED) is 0.160. The molecule has 1 aliphatic heterocycles. The summed E-state index contributed by atoms with van der Waals surface area (Å²) in [5, 5.41) is 17.1. The predicted molar refractivity (Wildman–Crippen MR) is 164 cm³/mol. The van der Waals surface area contributed by atoms with Gasteiger partial charge >= 0.3 is 5.97 Å². The van der Waals surface area contributed by atoms with Gasteiger partial charge in [0.15, 0.2) is 5.13 Å². The average Bonchev–Trinajstić information content (AvgIpc) is 3.40. The molecule has 4 heterocycles. The fraction of sp³-hybridized carbons (Fsp3) is 0.419. The lowest BCUT2D eigenvalue weighted by Gasteiger charge is -2.24. The smallest absolute Gasteiger partial charge is 0.326 e. The summed E-state index contributed by atoms with van der Waals surface area (Å²) in [7, 11) is 0. The number of rotatable bonds is 15. The first-order chi connectivity index (χ1) is 20.0. The zero-order valence-electron chi connectivity index (χ0n) is 23.5. The van der Waals surface area contributed by atoms with E-state index in [4.69, 9.17) is 9.72 Å². The van der Waals surface area contributed by atoms with E-state index in [1.165, 1.54) is 16.9 Å². The first-order valence-corrected chi connectivity index (χ1v) is 15.2. The molecule has 0 fully saturated rings. The second kappa shape index (κ2) is 14.2. The highest BCUT2D eigenvalue weighted by atomic mass is 32.1. The Balaban J connectivity index is 1.15. The number of hydrogen-bond donors (Lipinski definition) is 3. The Morgan fingerprint density at radius 2 is 2.02 bits per heavy atom. The summed E-state index contributed by atoms with van der Waals surface area (Å²) in [4.78, 5) is 28.1. The Labute approximate surface area is 245 Å². The van der Waals surface area contributed by atoms with Gasteiger partial charge in [0.2, 0.25) is 0 Å². The summed E-state index contributed by atoms with van der Waals surface area (Å²) < 4.78 is 6.98. The third-order valence-corrected chi connectivity index (χ3v) is 8.26. The molecule has 1 aromatic carbocycles. The lowest BCUT2D eigenvalue weighted by Crippen LogP contribution is -2.37. The van der Waals surface area contributed by atoms with E-state index in [0.717, 1.165) is 78.4 Å². The van der Waals surface area contributed by atoms with Crippen molar-refractivity contribution in [2.75, 3.05) is 43.4 Å². The molecule has 0 radical (unpaired) electrons. The molecule has 10 heteroatoms. The lowest BCUT2D eigenvalue weighted by molar-refractivity contribution is -0.138. The minimum Gasteiger partial charge on any atom is -0.491 e. The van der Waals surface area contributed by atoms with Crippen LogP contribution in [0.4, 0.5) is 10.9 Å². The van der Waals surface area contributed by atoms with Gasteiger partial charge in [0.1, 0.15) is 24.2 Å². The van der Waals surface area contributed by atoms with Crippen LogP contribution >= 0.6 is 11.3 Å². The highest BCUT2D eigenvalue weighted by Crippen LogP contribution is 2.26. The average molecular weight is 575 g/mol. The van der Waals surface area contributed by atoms with E-state index in [9.17, 15) is 9.90 Å². The Bertz CT molecular complexity index is 1390. The third kappa shape index (κ3) is 8.37. The number of pyridine rings is 2. The van der Waals surface area contributed by atoms with E-state index in [2.05, 4.69) is 37.6 Å². The molecule has 0 aliphatic carbocycles. The molecule has 9 nitrogen and oxygen atoms in total. The van der Waals surface area contributed by atoms with Crippen LogP contribution in [0, 0.1) is 6.92 Å². The largest absolute Gasteiger partial charge is 0.491 e. The number of nitrogens with zero attached hydrogens (tertiary/aromatic N) is 4. The van der Waals surface area contributed by atoms with Crippen molar-refractivity contribution in [2.45, 2.75) is 51.5 Å². The van der Waals surface area contributed by atoms with Gasteiger partial charge in [0.25, 0.3) is 0 Å².